The SMILES string of the molecule is C[NH+](CC(=O)Nc1cc(F)ccc1F)Cc1ccc(Cl)cc1Cl. The van der Waals surface area contributed by atoms with E-state index >= 15 is 0 Å². The van der Waals surface area contributed by atoms with E-state index in [1.54, 1.807) is 25.2 Å². The van der Waals surface area contributed by atoms with Crippen LogP contribution in [0.4, 0.5) is 14.5 Å². The van der Waals surface area contributed by atoms with Crippen molar-refractivity contribution in [3.63, 3.8) is 0 Å². The number of carbonyl (C=O) groups excluding carboxylic acids is 1. The quantitative estimate of drug-likeness (QED) is 0.845. The summed E-state index contributed by atoms with van der Waals surface area (Å²) in [6.07, 6.45) is 0. The van der Waals surface area contributed by atoms with E-state index in [0.717, 1.165) is 28.7 Å². The zero-order chi connectivity index (χ0) is 17.0. The first-order chi connectivity index (χ1) is 10.8. The van der Waals surface area contributed by atoms with Crippen LogP contribution in [0.25, 0.3) is 0 Å². The molecule has 122 valence electrons. The Bertz CT molecular complexity index is 725. The fraction of sp³-hybridized carbons (Fsp3) is 0.188. The van der Waals surface area contributed by atoms with E-state index in [4.69, 9.17) is 23.2 Å². The molecule has 0 aliphatic carbocycles. The second-order valence-electron chi connectivity index (χ2n) is 5.22. The van der Waals surface area contributed by atoms with Crippen molar-refractivity contribution in [3.05, 3.63) is 63.6 Å². The number of benzene rings is 2. The van der Waals surface area contributed by atoms with Gasteiger partial charge in [0.1, 0.15) is 18.2 Å². The van der Waals surface area contributed by atoms with Gasteiger partial charge in [-0.15, -0.1) is 0 Å². The predicted octanol–water partition coefficient (Wildman–Crippen LogP) is 2.93. The normalized spacial score (nSPS) is 12.0. The van der Waals surface area contributed by atoms with E-state index in [1.807, 2.05) is 0 Å². The molecule has 23 heavy (non-hydrogen) atoms. The maximum absolute atomic E-state index is 13.5. The van der Waals surface area contributed by atoms with Gasteiger partial charge in [0.25, 0.3) is 5.91 Å². The maximum Gasteiger partial charge on any atom is 0.279 e. The lowest BCUT2D eigenvalue weighted by Gasteiger charge is -2.15. The molecule has 0 saturated heterocycles. The van der Waals surface area contributed by atoms with Crippen molar-refractivity contribution < 1.29 is 18.5 Å². The van der Waals surface area contributed by atoms with Gasteiger partial charge in [-0.1, -0.05) is 29.3 Å². The van der Waals surface area contributed by atoms with Crippen molar-refractivity contribution in [2.45, 2.75) is 6.54 Å². The van der Waals surface area contributed by atoms with Gasteiger partial charge >= 0.3 is 0 Å². The average Bonchev–Trinajstić information content (AvgIpc) is 2.46. The Kier molecular flexibility index (Phi) is 5.93. The molecular weight excluding hydrogens is 345 g/mol. The third-order valence-electron chi connectivity index (χ3n) is 3.17. The minimum Gasteiger partial charge on any atom is -0.326 e. The van der Waals surface area contributed by atoms with Crippen LogP contribution in [0.2, 0.25) is 10.0 Å². The number of halogens is 4. The van der Waals surface area contributed by atoms with Gasteiger partial charge in [-0.05, 0) is 24.3 Å². The molecule has 2 N–H and O–H groups in total. The highest BCUT2D eigenvalue weighted by Crippen LogP contribution is 2.20. The lowest BCUT2D eigenvalue weighted by molar-refractivity contribution is -0.885. The summed E-state index contributed by atoms with van der Waals surface area (Å²) in [5, 5.41) is 3.42. The number of hydrogen-bond donors (Lipinski definition) is 2. The van der Waals surface area contributed by atoms with E-state index in [0.29, 0.717) is 16.6 Å². The number of nitrogens with one attached hydrogen (secondary N) is 2. The van der Waals surface area contributed by atoms with Crippen LogP contribution in [0.5, 0.6) is 0 Å². The molecule has 7 heteroatoms. The highest BCUT2D eigenvalue weighted by molar-refractivity contribution is 6.35. The van der Waals surface area contributed by atoms with Crippen molar-refractivity contribution >= 4 is 34.8 Å². The molecule has 0 radical (unpaired) electrons. The summed E-state index contributed by atoms with van der Waals surface area (Å²) in [4.78, 5) is 12.8. The number of carbonyl (C=O) groups is 1. The smallest absolute Gasteiger partial charge is 0.279 e. The third kappa shape index (κ3) is 5.16. The second-order valence-corrected chi connectivity index (χ2v) is 6.06. The molecule has 0 spiro atoms. The van der Waals surface area contributed by atoms with Gasteiger partial charge < -0.3 is 10.2 Å². The Morgan fingerprint density at radius 3 is 2.61 bits per heavy atom. The monoisotopic (exact) mass is 359 g/mol. The van der Waals surface area contributed by atoms with E-state index in [2.05, 4.69) is 5.32 Å². The molecule has 0 aromatic heterocycles. The van der Waals surface area contributed by atoms with Gasteiger partial charge in [0.05, 0.1) is 17.8 Å². The number of anilines is 1. The minimum atomic E-state index is -0.682. The van der Waals surface area contributed by atoms with Gasteiger partial charge in [-0.2, -0.15) is 0 Å². The summed E-state index contributed by atoms with van der Waals surface area (Å²) in [6, 6.07) is 8.04. The van der Waals surface area contributed by atoms with Gasteiger partial charge in [0, 0.05) is 16.7 Å². The summed E-state index contributed by atoms with van der Waals surface area (Å²) < 4.78 is 26.6. The Hall–Kier alpha value is -1.69. The number of rotatable bonds is 5. The molecule has 0 fully saturated rings. The van der Waals surface area contributed by atoms with Gasteiger partial charge in [0.15, 0.2) is 6.54 Å². The highest BCUT2D eigenvalue weighted by Gasteiger charge is 2.14. The average molecular weight is 360 g/mol. The Labute approximate surface area is 142 Å². The van der Waals surface area contributed by atoms with Crippen LogP contribution in [0.1, 0.15) is 5.56 Å². The van der Waals surface area contributed by atoms with Crippen molar-refractivity contribution in [1.29, 1.82) is 0 Å². The summed E-state index contributed by atoms with van der Waals surface area (Å²) >= 11 is 11.9. The molecule has 1 atom stereocenters. The molecule has 2 rings (SSSR count). The molecule has 1 unspecified atom stereocenters. The summed E-state index contributed by atoms with van der Waals surface area (Å²) in [7, 11) is 1.80. The van der Waals surface area contributed by atoms with Gasteiger partial charge in [-0.3, -0.25) is 4.79 Å². The van der Waals surface area contributed by atoms with Crippen molar-refractivity contribution in [2.75, 3.05) is 18.9 Å². The van der Waals surface area contributed by atoms with Crippen molar-refractivity contribution in [3.8, 4) is 0 Å². The number of likely N-dealkylation sites (N-methyl/N-ethyl adjacent to an activating group) is 1. The number of hydrogen-bond acceptors (Lipinski definition) is 1. The Balaban J connectivity index is 1.95. The molecule has 0 saturated carbocycles. The van der Waals surface area contributed by atoms with E-state index in [-0.39, 0.29) is 12.2 Å². The van der Waals surface area contributed by atoms with Crippen molar-refractivity contribution in [2.24, 2.45) is 0 Å². The zero-order valence-corrected chi connectivity index (χ0v) is 13.8. The largest absolute Gasteiger partial charge is 0.326 e. The molecule has 2 aromatic rings. The van der Waals surface area contributed by atoms with Gasteiger partial charge in [-0.25, -0.2) is 8.78 Å². The Morgan fingerprint density at radius 2 is 1.91 bits per heavy atom. The highest BCUT2D eigenvalue weighted by atomic mass is 35.5. The van der Waals surface area contributed by atoms with Crippen LogP contribution in [0.3, 0.4) is 0 Å². The fourth-order valence-electron chi connectivity index (χ4n) is 2.11. The van der Waals surface area contributed by atoms with Crippen LogP contribution in [0.15, 0.2) is 36.4 Å². The minimum absolute atomic E-state index is 0.0783. The predicted molar refractivity (Wildman–Crippen MR) is 86.9 cm³/mol. The fourth-order valence-corrected chi connectivity index (χ4v) is 2.59. The number of amides is 1. The van der Waals surface area contributed by atoms with Gasteiger partial charge in [0.2, 0.25) is 0 Å². The second kappa shape index (κ2) is 7.73. The first-order valence-electron chi connectivity index (χ1n) is 6.85. The van der Waals surface area contributed by atoms with Crippen LogP contribution >= 0.6 is 23.2 Å². The number of quaternary nitrogens is 1. The molecule has 0 heterocycles. The molecular formula is C16H15Cl2F2N2O+. The topological polar surface area (TPSA) is 33.5 Å². The summed E-state index contributed by atoms with van der Waals surface area (Å²) in [5.74, 6) is -1.72. The van der Waals surface area contributed by atoms with Crippen LogP contribution in [0, 0.1) is 11.6 Å². The molecule has 1 amide bonds. The van der Waals surface area contributed by atoms with Crippen LogP contribution < -0.4 is 10.2 Å². The lowest BCUT2D eigenvalue weighted by Crippen LogP contribution is -3.08. The lowest BCUT2D eigenvalue weighted by atomic mass is 10.2. The first-order valence-corrected chi connectivity index (χ1v) is 7.61. The standard InChI is InChI=1S/C16H14Cl2F2N2O/c1-22(8-10-2-3-11(17)6-13(10)18)9-16(23)21-15-7-12(19)4-5-14(15)20/h2-7H,8-9H2,1H3,(H,21,23)/p+1. The van der Waals surface area contributed by atoms with E-state index < -0.39 is 17.5 Å². The first kappa shape index (κ1) is 17.7. The van der Waals surface area contributed by atoms with Crippen LogP contribution in [-0.4, -0.2) is 19.5 Å². The summed E-state index contributed by atoms with van der Waals surface area (Å²) in [6.45, 7) is 0.573. The molecule has 0 aliphatic heterocycles. The molecule has 3 nitrogen and oxygen atoms in total. The molecule has 0 aliphatic rings. The molecule has 0 bridgehead atoms. The van der Waals surface area contributed by atoms with E-state index in [9.17, 15) is 13.6 Å². The Morgan fingerprint density at radius 1 is 1.17 bits per heavy atom. The maximum atomic E-state index is 13.5. The third-order valence-corrected chi connectivity index (χ3v) is 3.76. The summed E-state index contributed by atoms with van der Waals surface area (Å²) in [5.41, 5.74) is 0.672. The van der Waals surface area contributed by atoms with Crippen molar-refractivity contribution in [1.82, 2.24) is 0 Å². The zero-order valence-electron chi connectivity index (χ0n) is 12.3. The van der Waals surface area contributed by atoms with Crippen LogP contribution in [-0.2, 0) is 11.3 Å². The molecule has 2 aromatic carbocycles. The van der Waals surface area contributed by atoms with E-state index in [1.165, 1.54) is 0 Å².